The standard InChI is InChI=1S/C14H16N2O5/c1-19-11-6-9-10(7-12(11)20-2)16-14(18)8(15-9)4-5-13(17)21-3/h6-7H,4-5H2,1-3H3,(H,16,18). The molecule has 1 aromatic heterocycles. The highest BCUT2D eigenvalue weighted by atomic mass is 16.5. The van der Waals surface area contributed by atoms with Crippen LogP contribution in [0.4, 0.5) is 0 Å². The molecule has 0 radical (unpaired) electrons. The van der Waals surface area contributed by atoms with Crippen LogP contribution in [0.2, 0.25) is 0 Å². The fraction of sp³-hybridized carbons (Fsp3) is 0.357. The van der Waals surface area contributed by atoms with Gasteiger partial charge >= 0.3 is 5.97 Å². The first kappa shape index (κ1) is 14.8. The molecule has 0 bridgehead atoms. The summed E-state index contributed by atoms with van der Waals surface area (Å²) in [6.07, 6.45) is 0.317. The summed E-state index contributed by atoms with van der Waals surface area (Å²) in [5.74, 6) is 0.636. The summed E-state index contributed by atoms with van der Waals surface area (Å²) < 4.78 is 14.9. The minimum absolute atomic E-state index is 0.103. The van der Waals surface area contributed by atoms with Crippen LogP contribution in [0.15, 0.2) is 16.9 Å². The first-order chi connectivity index (χ1) is 10.1. The van der Waals surface area contributed by atoms with Crippen molar-refractivity contribution in [1.82, 2.24) is 9.97 Å². The molecule has 1 heterocycles. The average Bonchev–Trinajstić information content (AvgIpc) is 2.51. The van der Waals surface area contributed by atoms with Crippen molar-refractivity contribution >= 4 is 17.0 Å². The fourth-order valence-electron chi connectivity index (χ4n) is 1.94. The molecule has 1 N–H and O–H groups in total. The van der Waals surface area contributed by atoms with Gasteiger partial charge in [0.2, 0.25) is 0 Å². The molecule has 0 aliphatic carbocycles. The number of methoxy groups -OCH3 is 3. The maximum Gasteiger partial charge on any atom is 0.305 e. The van der Waals surface area contributed by atoms with Crippen LogP contribution in [0.3, 0.4) is 0 Å². The van der Waals surface area contributed by atoms with Crippen molar-refractivity contribution in [2.24, 2.45) is 0 Å². The summed E-state index contributed by atoms with van der Waals surface area (Å²) in [5, 5.41) is 0. The van der Waals surface area contributed by atoms with E-state index in [1.807, 2.05) is 0 Å². The van der Waals surface area contributed by atoms with E-state index in [2.05, 4.69) is 14.7 Å². The Hall–Kier alpha value is -2.57. The number of hydrogen-bond donors (Lipinski definition) is 1. The van der Waals surface area contributed by atoms with Crippen molar-refractivity contribution in [3.8, 4) is 11.5 Å². The monoisotopic (exact) mass is 292 g/mol. The molecular formula is C14H16N2O5. The highest BCUT2D eigenvalue weighted by Gasteiger charge is 2.11. The van der Waals surface area contributed by atoms with E-state index in [1.54, 1.807) is 12.1 Å². The Morgan fingerprint density at radius 2 is 1.86 bits per heavy atom. The van der Waals surface area contributed by atoms with Crippen molar-refractivity contribution in [3.63, 3.8) is 0 Å². The van der Waals surface area contributed by atoms with Gasteiger partial charge < -0.3 is 19.2 Å². The van der Waals surface area contributed by atoms with Crippen LogP contribution in [0.25, 0.3) is 11.0 Å². The van der Waals surface area contributed by atoms with Crippen LogP contribution in [-0.4, -0.2) is 37.3 Å². The zero-order chi connectivity index (χ0) is 15.4. The first-order valence-electron chi connectivity index (χ1n) is 6.30. The number of esters is 1. The lowest BCUT2D eigenvalue weighted by atomic mass is 10.2. The van der Waals surface area contributed by atoms with Crippen LogP contribution < -0.4 is 15.0 Å². The van der Waals surface area contributed by atoms with Crippen LogP contribution in [0, 0.1) is 0 Å². The van der Waals surface area contributed by atoms with Gasteiger partial charge in [-0.25, -0.2) is 4.98 Å². The number of hydrogen-bond acceptors (Lipinski definition) is 6. The molecule has 21 heavy (non-hydrogen) atoms. The van der Waals surface area contributed by atoms with E-state index < -0.39 is 0 Å². The van der Waals surface area contributed by atoms with Gasteiger partial charge in [-0.05, 0) is 0 Å². The molecule has 0 saturated heterocycles. The zero-order valence-corrected chi connectivity index (χ0v) is 12.1. The third kappa shape index (κ3) is 3.13. The van der Waals surface area contributed by atoms with E-state index in [9.17, 15) is 9.59 Å². The molecule has 0 amide bonds. The number of carbonyl (C=O) groups excluding carboxylic acids is 1. The highest BCUT2D eigenvalue weighted by Crippen LogP contribution is 2.30. The number of nitrogens with zero attached hydrogens (tertiary/aromatic N) is 1. The van der Waals surface area contributed by atoms with Gasteiger partial charge in [0.25, 0.3) is 5.56 Å². The third-order valence-electron chi connectivity index (χ3n) is 3.06. The fourth-order valence-corrected chi connectivity index (χ4v) is 1.94. The molecule has 0 atom stereocenters. The topological polar surface area (TPSA) is 90.5 Å². The van der Waals surface area contributed by atoms with Gasteiger partial charge in [-0.3, -0.25) is 9.59 Å². The Kier molecular flexibility index (Phi) is 4.42. The molecule has 112 valence electrons. The van der Waals surface area contributed by atoms with Gasteiger partial charge in [0.15, 0.2) is 11.5 Å². The summed E-state index contributed by atoms with van der Waals surface area (Å²) in [7, 11) is 4.34. The summed E-state index contributed by atoms with van der Waals surface area (Å²) in [5.41, 5.74) is 1.05. The Morgan fingerprint density at radius 1 is 1.19 bits per heavy atom. The van der Waals surface area contributed by atoms with Gasteiger partial charge in [-0.2, -0.15) is 0 Å². The zero-order valence-electron chi connectivity index (χ0n) is 12.1. The molecule has 0 spiro atoms. The molecular weight excluding hydrogens is 276 g/mol. The Morgan fingerprint density at radius 3 is 2.48 bits per heavy atom. The SMILES string of the molecule is COC(=O)CCc1nc2cc(OC)c(OC)cc2[nH]c1=O. The number of aryl methyl sites for hydroxylation is 1. The molecule has 0 unspecified atom stereocenters. The highest BCUT2D eigenvalue weighted by molar-refractivity contribution is 5.79. The number of rotatable bonds is 5. The summed E-state index contributed by atoms with van der Waals surface area (Å²) in [4.78, 5) is 30.1. The van der Waals surface area contributed by atoms with E-state index in [0.717, 1.165) is 0 Å². The number of aromatic nitrogens is 2. The van der Waals surface area contributed by atoms with Crippen LogP contribution >= 0.6 is 0 Å². The summed E-state index contributed by atoms with van der Waals surface area (Å²) in [6.45, 7) is 0. The van der Waals surface area contributed by atoms with Gasteiger partial charge in [-0.1, -0.05) is 0 Å². The van der Waals surface area contributed by atoms with Crippen LogP contribution in [0.5, 0.6) is 11.5 Å². The number of ether oxygens (including phenoxy) is 3. The second-order valence-electron chi connectivity index (χ2n) is 4.31. The molecule has 1 aromatic carbocycles. The van der Waals surface area contributed by atoms with Crippen LogP contribution in [-0.2, 0) is 16.0 Å². The predicted molar refractivity (Wildman–Crippen MR) is 75.8 cm³/mol. The van der Waals surface area contributed by atoms with E-state index in [0.29, 0.717) is 22.5 Å². The Balaban J connectivity index is 2.44. The third-order valence-corrected chi connectivity index (χ3v) is 3.06. The number of fused-ring (bicyclic) bond motifs is 1. The molecule has 0 aliphatic heterocycles. The lowest BCUT2D eigenvalue weighted by Gasteiger charge is -2.09. The van der Waals surface area contributed by atoms with E-state index in [-0.39, 0.29) is 30.1 Å². The minimum atomic E-state index is -0.386. The van der Waals surface area contributed by atoms with Gasteiger partial charge in [0, 0.05) is 18.6 Å². The van der Waals surface area contributed by atoms with E-state index in [4.69, 9.17) is 9.47 Å². The first-order valence-corrected chi connectivity index (χ1v) is 6.30. The molecule has 0 saturated carbocycles. The van der Waals surface area contributed by atoms with Gasteiger partial charge in [0.05, 0.1) is 38.8 Å². The van der Waals surface area contributed by atoms with E-state index in [1.165, 1.54) is 21.3 Å². The van der Waals surface area contributed by atoms with Crippen LogP contribution in [0.1, 0.15) is 12.1 Å². The Labute approximate surface area is 120 Å². The number of carbonyl (C=O) groups is 1. The second kappa shape index (κ2) is 6.25. The number of nitrogens with one attached hydrogen (secondary N) is 1. The normalized spacial score (nSPS) is 10.4. The van der Waals surface area contributed by atoms with Gasteiger partial charge in [-0.15, -0.1) is 0 Å². The van der Waals surface area contributed by atoms with Crippen molar-refractivity contribution < 1.29 is 19.0 Å². The lowest BCUT2D eigenvalue weighted by molar-refractivity contribution is -0.140. The molecule has 7 heteroatoms. The molecule has 0 aliphatic rings. The molecule has 7 nitrogen and oxygen atoms in total. The van der Waals surface area contributed by atoms with Crippen molar-refractivity contribution in [1.29, 1.82) is 0 Å². The number of H-pyrrole nitrogens is 1. The predicted octanol–water partition coefficient (Wildman–Crippen LogP) is 1.05. The Bertz CT molecular complexity index is 723. The maximum absolute atomic E-state index is 11.9. The smallest absolute Gasteiger partial charge is 0.305 e. The van der Waals surface area contributed by atoms with E-state index >= 15 is 0 Å². The average molecular weight is 292 g/mol. The maximum atomic E-state index is 11.9. The molecule has 2 aromatic rings. The number of aromatic amines is 1. The quantitative estimate of drug-likeness (QED) is 0.828. The van der Waals surface area contributed by atoms with Gasteiger partial charge in [0.1, 0.15) is 5.69 Å². The molecule has 2 rings (SSSR count). The van der Waals surface area contributed by atoms with Crippen molar-refractivity contribution in [2.45, 2.75) is 12.8 Å². The second-order valence-corrected chi connectivity index (χ2v) is 4.31. The van der Waals surface area contributed by atoms with Crippen molar-refractivity contribution in [2.75, 3.05) is 21.3 Å². The summed E-state index contributed by atoms with van der Waals surface area (Å²) >= 11 is 0. The molecule has 0 fully saturated rings. The van der Waals surface area contributed by atoms with Crippen molar-refractivity contribution in [3.05, 3.63) is 28.2 Å². The lowest BCUT2D eigenvalue weighted by Crippen LogP contribution is -2.17. The number of benzene rings is 1. The minimum Gasteiger partial charge on any atom is -0.493 e. The largest absolute Gasteiger partial charge is 0.493 e. The summed E-state index contributed by atoms with van der Waals surface area (Å²) in [6, 6.07) is 3.32.